The summed E-state index contributed by atoms with van der Waals surface area (Å²) < 4.78 is 0. The van der Waals surface area contributed by atoms with Crippen LogP contribution in [0.15, 0.2) is 0 Å². The molecule has 0 bridgehead atoms. The van der Waals surface area contributed by atoms with Crippen LogP contribution in [-0.2, 0) is 0 Å². The normalized spacial score (nSPS) is 31.2. The third kappa shape index (κ3) is 2.44. The van der Waals surface area contributed by atoms with Gasteiger partial charge in [-0.2, -0.15) is 0 Å². The maximum absolute atomic E-state index is 9.79. The van der Waals surface area contributed by atoms with Crippen LogP contribution in [0.2, 0.25) is 0 Å². The Morgan fingerprint density at radius 3 is 2.46 bits per heavy atom. The van der Waals surface area contributed by atoms with Crippen molar-refractivity contribution in [1.82, 2.24) is 4.90 Å². The number of aliphatic hydroxyl groups excluding tert-OH is 1. The van der Waals surface area contributed by atoms with Crippen LogP contribution in [0.5, 0.6) is 0 Å². The third-order valence-electron chi connectivity index (χ3n) is 3.39. The van der Waals surface area contributed by atoms with E-state index >= 15 is 0 Å². The third-order valence-corrected chi connectivity index (χ3v) is 3.39. The molecule has 2 heteroatoms. The zero-order valence-electron chi connectivity index (χ0n) is 9.16. The number of aliphatic hydroxyl groups is 1. The zero-order valence-corrected chi connectivity index (χ0v) is 9.16. The molecular formula is C11H23NO. The van der Waals surface area contributed by atoms with Crippen molar-refractivity contribution in [1.29, 1.82) is 0 Å². The van der Waals surface area contributed by atoms with Crippen molar-refractivity contribution < 1.29 is 5.11 Å². The van der Waals surface area contributed by atoms with Crippen LogP contribution >= 0.6 is 0 Å². The Labute approximate surface area is 81.9 Å². The van der Waals surface area contributed by atoms with E-state index in [2.05, 4.69) is 25.7 Å². The molecule has 0 aromatic heterocycles. The summed E-state index contributed by atoms with van der Waals surface area (Å²) in [5, 5.41) is 9.79. The fourth-order valence-corrected chi connectivity index (χ4v) is 2.42. The van der Waals surface area contributed by atoms with E-state index in [1.807, 2.05) is 0 Å². The van der Waals surface area contributed by atoms with E-state index in [0.29, 0.717) is 12.1 Å². The predicted octanol–water partition coefficient (Wildman–Crippen LogP) is 2.02. The summed E-state index contributed by atoms with van der Waals surface area (Å²) >= 11 is 0. The molecule has 13 heavy (non-hydrogen) atoms. The highest BCUT2D eigenvalue weighted by molar-refractivity contribution is 4.86. The van der Waals surface area contributed by atoms with Crippen LogP contribution in [0.3, 0.4) is 0 Å². The first kappa shape index (κ1) is 11.0. The van der Waals surface area contributed by atoms with Gasteiger partial charge < -0.3 is 5.11 Å². The molecule has 0 aromatic rings. The Balaban J connectivity index is 2.54. The molecule has 0 heterocycles. The minimum absolute atomic E-state index is 0.0750. The molecule has 3 atom stereocenters. The van der Waals surface area contributed by atoms with Crippen molar-refractivity contribution >= 4 is 0 Å². The second-order valence-corrected chi connectivity index (χ2v) is 4.15. The lowest BCUT2D eigenvalue weighted by atomic mass is 10.1. The van der Waals surface area contributed by atoms with Gasteiger partial charge in [0.25, 0.3) is 0 Å². The molecule has 2 nitrogen and oxygen atoms in total. The molecule has 78 valence electrons. The highest BCUT2D eigenvalue weighted by atomic mass is 16.3. The summed E-state index contributed by atoms with van der Waals surface area (Å²) in [5.74, 6) is 0. The van der Waals surface area contributed by atoms with Crippen LogP contribution < -0.4 is 0 Å². The van der Waals surface area contributed by atoms with Gasteiger partial charge in [0.05, 0.1) is 6.10 Å². The van der Waals surface area contributed by atoms with E-state index in [4.69, 9.17) is 0 Å². The molecular weight excluding hydrogens is 162 g/mol. The minimum atomic E-state index is -0.0750. The van der Waals surface area contributed by atoms with Gasteiger partial charge in [0.2, 0.25) is 0 Å². The van der Waals surface area contributed by atoms with Crippen molar-refractivity contribution in [2.24, 2.45) is 0 Å². The molecule has 1 rings (SSSR count). The number of hydrogen-bond donors (Lipinski definition) is 1. The maximum atomic E-state index is 9.79. The van der Waals surface area contributed by atoms with E-state index in [9.17, 15) is 5.11 Å². The van der Waals surface area contributed by atoms with Gasteiger partial charge in [-0.1, -0.05) is 13.8 Å². The molecule has 0 radical (unpaired) electrons. The first-order valence-corrected chi connectivity index (χ1v) is 5.64. The van der Waals surface area contributed by atoms with E-state index < -0.39 is 0 Å². The molecule has 1 aliphatic carbocycles. The van der Waals surface area contributed by atoms with Crippen molar-refractivity contribution in [2.45, 2.75) is 64.6 Å². The van der Waals surface area contributed by atoms with Gasteiger partial charge in [-0.3, -0.25) is 4.90 Å². The van der Waals surface area contributed by atoms with Crippen LogP contribution in [0, 0.1) is 0 Å². The van der Waals surface area contributed by atoms with Gasteiger partial charge in [0.1, 0.15) is 0 Å². The minimum Gasteiger partial charge on any atom is -0.391 e. The zero-order chi connectivity index (χ0) is 9.84. The Bertz CT molecular complexity index is 149. The van der Waals surface area contributed by atoms with Crippen molar-refractivity contribution in [3.63, 3.8) is 0 Å². The average Bonchev–Trinajstić information content (AvgIpc) is 2.53. The fourth-order valence-electron chi connectivity index (χ4n) is 2.42. The maximum Gasteiger partial charge on any atom is 0.0695 e. The lowest BCUT2D eigenvalue weighted by molar-refractivity contribution is 0.0500. The van der Waals surface area contributed by atoms with Crippen LogP contribution in [0.4, 0.5) is 0 Å². The van der Waals surface area contributed by atoms with Gasteiger partial charge in [0, 0.05) is 12.1 Å². The number of rotatable bonds is 4. The lowest BCUT2D eigenvalue weighted by Crippen LogP contribution is -2.45. The SMILES string of the molecule is CCC(C)N(CC)[C@H]1CCC[C@@H]1O. The first-order chi connectivity index (χ1) is 6.20. The Morgan fingerprint density at radius 1 is 1.38 bits per heavy atom. The molecule has 1 fully saturated rings. The van der Waals surface area contributed by atoms with E-state index in [1.165, 1.54) is 19.3 Å². The molecule has 1 aliphatic rings. The monoisotopic (exact) mass is 185 g/mol. The fraction of sp³-hybridized carbons (Fsp3) is 1.00. The van der Waals surface area contributed by atoms with E-state index in [-0.39, 0.29) is 6.10 Å². The van der Waals surface area contributed by atoms with Crippen molar-refractivity contribution in [2.75, 3.05) is 6.54 Å². The summed E-state index contributed by atoms with van der Waals surface area (Å²) in [4.78, 5) is 2.46. The molecule has 1 unspecified atom stereocenters. The van der Waals surface area contributed by atoms with Gasteiger partial charge in [-0.25, -0.2) is 0 Å². The van der Waals surface area contributed by atoms with Crippen molar-refractivity contribution in [3.8, 4) is 0 Å². The second kappa shape index (κ2) is 4.97. The average molecular weight is 185 g/mol. The predicted molar refractivity (Wildman–Crippen MR) is 55.8 cm³/mol. The number of hydrogen-bond acceptors (Lipinski definition) is 2. The van der Waals surface area contributed by atoms with Gasteiger partial charge >= 0.3 is 0 Å². The molecule has 0 aliphatic heterocycles. The quantitative estimate of drug-likeness (QED) is 0.724. The topological polar surface area (TPSA) is 23.5 Å². The molecule has 0 saturated heterocycles. The second-order valence-electron chi connectivity index (χ2n) is 4.15. The summed E-state index contributed by atoms with van der Waals surface area (Å²) in [7, 11) is 0. The summed E-state index contributed by atoms with van der Waals surface area (Å²) in [6, 6.07) is 1.04. The largest absolute Gasteiger partial charge is 0.391 e. The Kier molecular flexibility index (Phi) is 4.20. The molecule has 0 aromatic carbocycles. The molecule has 0 spiro atoms. The van der Waals surface area contributed by atoms with Gasteiger partial charge in [0.15, 0.2) is 0 Å². The number of likely N-dealkylation sites (N-methyl/N-ethyl adjacent to an activating group) is 1. The Hall–Kier alpha value is -0.0800. The molecule has 1 saturated carbocycles. The van der Waals surface area contributed by atoms with E-state index in [1.54, 1.807) is 0 Å². The summed E-state index contributed by atoms with van der Waals surface area (Å²) in [6.07, 6.45) is 4.47. The van der Waals surface area contributed by atoms with E-state index in [0.717, 1.165) is 13.0 Å². The smallest absolute Gasteiger partial charge is 0.0695 e. The van der Waals surface area contributed by atoms with Crippen LogP contribution in [0.1, 0.15) is 46.5 Å². The molecule has 1 N–H and O–H groups in total. The number of nitrogens with zero attached hydrogens (tertiary/aromatic N) is 1. The standard InChI is InChI=1S/C11H23NO/c1-4-9(3)12(5-2)10-7-6-8-11(10)13/h9-11,13H,4-8H2,1-3H3/t9?,10-,11-/m0/s1. The highest BCUT2D eigenvalue weighted by Gasteiger charge is 2.31. The summed E-state index contributed by atoms with van der Waals surface area (Å²) in [6.45, 7) is 7.73. The van der Waals surface area contributed by atoms with Crippen LogP contribution in [0.25, 0.3) is 0 Å². The van der Waals surface area contributed by atoms with Gasteiger partial charge in [-0.15, -0.1) is 0 Å². The first-order valence-electron chi connectivity index (χ1n) is 5.64. The summed E-state index contributed by atoms with van der Waals surface area (Å²) in [5.41, 5.74) is 0. The Morgan fingerprint density at radius 2 is 2.08 bits per heavy atom. The van der Waals surface area contributed by atoms with Crippen molar-refractivity contribution in [3.05, 3.63) is 0 Å². The van der Waals surface area contributed by atoms with Crippen LogP contribution in [-0.4, -0.2) is 34.7 Å². The highest BCUT2D eigenvalue weighted by Crippen LogP contribution is 2.26. The van der Waals surface area contributed by atoms with Gasteiger partial charge in [-0.05, 0) is 39.2 Å². The lowest BCUT2D eigenvalue weighted by Gasteiger charge is -2.34. The molecule has 0 amide bonds.